The normalized spacial score (nSPS) is 13.6. The summed E-state index contributed by atoms with van der Waals surface area (Å²) in [6.45, 7) is 1.43. The number of Topliss-reactive ketones (excluding diaryl/α,β-unsaturated/α-hetero) is 1. The number of rotatable bonds is 7. The molecule has 2 unspecified atom stereocenters. The molecule has 7 nitrogen and oxygen atoms in total. The second kappa shape index (κ2) is 6.67. The van der Waals surface area contributed by atoms with Crippen molar-refractivity contribution in [3.8, 4) is 0 Å². The predicted molar refractivity (Wildman–Crippen MR) is 56.2 cm³/mol. The fourth-order valence-electron chi connectivity index (χ4n) is 0.919. The number of carbonyl (C=O) groups is 3. The molecule has 0 aromatic rings. The van der Waals surface area contributed by atoms with E-state index in [1.54, 1.807) is 0 Å². The Kier molecular flexibility index (Phi) is 5.94. The highest BCUT2D eigenvalue weighted by molar-refractivity contribution is 6.26. The van der Waals surface area contributed by atoms with Gasteiger partial charge in [0, 0.05) is 6.42 Å². The van der Waals surface area contributed by atoms with Gasteiger partial charge in [0.1, 0.15) is 6.04 Å². The molecule has 5 N–H and O–H groups in total. The lowest BCUT2D eigenvalue weighted by Gasteiger charge is -2.15. The van der Waals surface area contributed by atoms with E-state index in [0.717, 1.165) is 0 Å². The van der Waals surface area contributed by atoms with Crippen molar-refractivity contribution in [2.45, 2.75) is 31.8 Å². The van der Waals surface area contributed by atoms with E-state index in [1.165, 1.54) is 6.92 Å². The average Bonchev–Trinajstić information content (AvgIpc) is 2.22. The minimum absolute atomic E-state index is 0.0536. The van der Waals surface area contributed by atoms with Crippen molar-refractivity contribution in [2.24, 2.45) is 5.73 Å². The van der Waals surface area contributed by atoms with Crippen LogP contribution in [0.3, 0.4) is 0 Å². The first-order chi connectivity index (χ1) is 7.38. The fourth-order valence-corrected chi connectivity index (χ4v) is 0.919. The van der Waals surface area contributed by atoms with E-state index in [0.29, 0.717) is 6.21 Å². The molecular formula is C9H15N3O4. The molecule has 7 heteroatoms. The minimum atomic E-state index is -1.23. The third kappa shape index (κ3) is 5.20. The fraction of sp³-hybridized carbons (Fsp3) is 0.556. The van der Waals surface area contributed by atoms with Gasteiger partial charge in [-0.05, 0) is 13.3 Å². The number of ketones is 1. The van der Waals surface area contributed by atoms with E-state index < -0.39 is 29.7 Å². The summed E-state index contributed by atoms with van der Waals surface area (Å²) in [6, 6.07) is -1.96. The second-order valence-corrected chi connectivity index (χ2v) is 3.34. The average molecular weight is 229 g/mol. The Balaban J connectivity index is 4.29. The maximum absolute atomic E-state index is 11.1. The van der Waals surface area contributed by atoms with Crippen LogP contribution in [0.25, 0.3) is 0 Å². The molecule has 2 atom stereocenters. The van der Waals surface area contributed by atoms with Gasteiger partial charge in [-0.1, -0.05) is 0 Å². The zero-order chi connectivity index (χ0) is 12.7. The molecule has 0 rings (SSSR count). The van der Waals surface area contributed by atoms with Gasteiger partial charge >= 0.3 is 5.97 Å². The number of nitrogens with two attached hydrogens (primary N) is 1. The molecule has 16 heavy (non-hydrogen) atoms. The monoisotopic (exact) mass is 229 g/mol. The van der Waals surface area contributed by atoms with Crippen molar-refractivity contribution in [1.82, 2.24) is 5.32 Å². The van der Waals surface area contributed by atoms with Gasteiger partial charge in [0.05, 0.1) is 12.3 Å². The van der Waals surface area contributed by atoms with Gasteiger partial charge in [-0.2, -0.15) is 0 Å². The summed E-state index contributed by atoms with van der Waals surface area (Å²) in [5.41, 5.74) is 5.26. The zero-order valence-corrected chi connectivity index (χ0v) is 8.90. The van der Waals surface area contributed by atoms with Crippen molar-refractivity contribution in [1.29, 1.82) is 5.41 Å². The quantitative estimate of drug-likeness (QED) is 0.411. The van der Waals surface area contributed by atoms with Crippen LogP contribution in [0.15, 0.2) is 0 Å². The van der Waals surface area contributed by atoms with Crippen LogP contribution in [0.5, 0.6) is 0 Å². The smallest absolute Gasteiger partial charge is 0.326 e. The SMILES string of the molecule is CC(N)C(=O)NC(CCC(=O)C=N)C(=O)O. The number of hydrogen-bond acceptors (Lipinski definition) is 5. The molecule has 0 aliphatic heterocycles. The number of carbonyl (C=O) groups excluding carboxylic acids is 2. The van der Waals surface area contributed by atoms with E-state index in [2.05, 4.69) is 5.32 Å². The number of nitrogens with one attached hydrogen (secondary N) is 2. The van der Waals surface area contributed by atoms with Crippen LogP contribution in [0.1, 0.15) is 19.8 Å². The minimum Gasteiger partial charge on any atom is -0.480 e. The van der Waals surface area contributed by atoms with Crippen molar-refractivity contribution in [3.05, 3.63) is 0 Å². The Bertz CT molecular complexity index is 301. The van der Waals surface area contributed by atoms with E-state index >= 15 is 0 Å². The van der Waals surface area contributed by atoms with Crippen LogP contribution in [0, 0.1) is 5.41 Å². The van der Waals surface area contributed by atoms with Crippen molar-refractivity contribution < 1.29 is 19.5 Å². The highest BCUT2D eigenvalue weighted by atomic mass is 16.4. The molecule has 0 aromatic carbocycles. The first-order valence-corrected chi connectivity index (χ1v) is 4.70. The Labute approximate surface area is 92.5 Å². The van der Waals surface area contributed by atoms with Gasteiger partial charge in [-0.3, -0.25) is 9.59 Å². The van der Waals surface area contributed by atoms with Gasteiger partial charge in [0.2, 0.25) is 5.91 Å². The molecule has 1 amide bonds. The topological polar surface area (TPSA) is 133 Å². The largest absolute Gasteiger partial charge is 0.480 e. The molecular weight excluding hydrogens is 214 g/mol. The van der Waals surface area contributed by atoms with Gasteiger partial charge in [-0.15, -0.1) is 0 Å². The number of hydrogen-bond donors (Lipinski definition) is 4. The molecule has 90 valence electrons. The molecule has 0 radical (unpaired) electrons. The number of carboxylic acids is 1. The molecule has 0 saturated carbocycles. The van der Waals surface area contributed by atoms with E-state index in [9.17, 15) is 14.4 Å². The molecule has 0 saturated heterocycles. The Hall–Kier alpha value is -1.76. The standard InChI is InChI=1S/C9H15N3O4/c1-5(11)8(14)12-7(9(15)16)3-2-6(13)4-10/h4-5,7,10H,2-3,11H2,1H3,(H,12,14)(H,15,16). The summed E-state index contributed by atoms with van der Waals surface area (Å²) in [5.74, 6) is -2.30. The van der Waals surface area contributed by atoms with Crippen molar-refractivity contribution in [3.63, 3.8) is 0 Å². The lowest BCUT2D eigenvalue weighted by atomic mass is 10.1. The number of carboxylic acid groups (broad SMARTS) is 1. The third-order valence-electron chi connectivity index (χ3n) is 1.87. The molecule has 0 heterocycles. The summed E-state index contributed by atoms with van der Waals surface area (Å²) in [5, 5.41) is 17.6. The van der Waals surface area contributed by atoms with Gasteiger partial charge in [-0.25, -0.2) is 4.79 Å². The van der Waals surface area contributed by atoms with Crippen LogP contribution in [0.2, 0.25) is 0 Å². The van der Waals surface area contributed by atoms with Crippen LogP contribution in [-0.4, -0.2) is 41.1 Å². The zero-order valence-electron chi connectivity index (χ0n) is 8.90. The molecule has 0 aliphatic rings. The van der Waals surface area contributed by atoms with E-state index in [-0.39, 0.29) is 12.8 Å². The first kappa shape index (κ1) is 14.2. The lowest BCUT2D eigenvalue weighted by molar-refractivity contribution is -0.142. The van der Waals surface area contributed by atoms with E-state index in [4.69, 9.17) is 16.2 Å². The maximum atomic E-state index is 11.1. The van der Waals surface area contributed by atoms with Gasteiger partial charge in [0.15, 0.2) is 5.78 Å². The van der Waals surface area contributed by atoms with Crippen LogP contribution >= 0.6 is 0 Å². The summed E-state index contributed by atoms with van der Waals surface area (Å²) in [6.07, 6.45) is 0.466. The van der Waals surface area contributed by atoms with E-state index in [1.807, 2.05) is 0 Å². The van der Waals surface area contributed by atoms with Crippen LogP contribution in [-0.2, 0) is 14.4 Å². The first-order valence-electron chi connectivity index (χ1n) is 4.70. The Morgan fingerprint density at radius 2 is 2.06 bits per heavy atom. The molecule has 0 aromatic heterocycles. The summed E-state index contributed by atoms with van der Waals surface area (Å²) in [4.78, 5) is 32.7. The van der Waals surface area contributed by atoms with Crippen LogP contribution in [0.4, 0.5) is 0 Å². The number of amides is 1. The van der Waals surface area contributed by atoms with Crippen molar-refractivity contribution in [2.75, 3.05) is 0 Å². The summed E-state index contributed by atoms with van der Waals surface area (Å²) >= 11 is 0. The highest BCUT2D eigenvalue weighted by Crippen LogP contribution is 1.98. The molecule has 0 spiro atoms. The number of aliphatic carboxylic acids is 1. The molecule has 0 fully saturated rings. The van der Waals surface area contributed by atoms with Gasteiger partial charge in [0.25, 0.3) is 0 Å². The highest BCUT2D eigenvalue weighted by Gasteiger charge is 2.21. The van der Waals surface area contributed by atoms with Crippen LogP contribution < -0.4 is 11.1 Å². The summed E-state index contributed by atoms with van der Waals surface area (Å²) in [7, 11) is 0. The predicted octanol–water partition coefficient (Wildman–Crippen LogP) is -1.10. The Morgan fingerprint density at radius 1 is 1.50 bits per heavy atom. The molecule has 0 aliphatic carbocycles. The lowest BCUT2D eigenvalue weighted by Crippen LogP contribution is -2.47. The molecule has 0 bridgehead atoms. The van der Waals surface area contributed by atoms with Gasteiger partial charge < -0.3 is 21.6 Å². The maximum Gasteiger partial charge on any atom is 0.326 e. The Morgan fingerprint density at radius 3 is 2.44 bits per heavy atom. The summed E-state index contributed by atoms with van der Waals surface area (Å²) < 4.78 is 0. The second-order valence-electron chi connectivity index (χ2n) is 3.34. The van der Waals surface area contributed by atoms with Crippen molar-refractivity contribution >= 4 is 23.9 Å². The third-order valence-corrected chi connectivity index (χ3v) is 1.87.